The zero-order valence-corrected chi connectivity index (χ0v) is 9.62. The van der Waals surface area contributed by atoms with E-state index in [1.165, 1.54) is 16.9 Å². The maximum absolute atomic E-state index is 10.5. The number of hydrogen-bond acceptors (Lipinski definition) is 3. The van der Waals surface area contributed by atoms with Gasteiger partial charge in [0.05, 0.1) is 12.1 Å². The van der Waals surface area contributed by atoms with Crippen LogP contribution in [-0.4, -0.2) is 16.1 Å². The first-order valence-corrected chi connectivity index (χ1v) is 5.76. The highest BCUT2D eigenvalue weighted by atomic mass is 32.1. The molecule has 0 bridgehead atoms. The maximum atomic E-state index is 10.5. The Kier molecular flexibility index (Phi) is 3.01. The summed E-state index contributed by atoms with van der Waals surface area (Å²) in [6.45, 7) is 2.03. The molecule has 2 aromatic rings. The smallest absolute Gasteiger partial charge is 0.309 e. The van der Waals surface area contributed by atoms with E-state index >= 15 is 0 Å². The van der Waals surface area contributed by atoms with Gasteiger partial charge in [-0.05, 0) is 6.92 Å². The summed E-state index contributed by atoms with van der Waals surface area (Å²) in [5, 5.41) is 11.3. The van der Waals surface area contributed by atoms with Crippen LogP contribution in [0.4, 0.5) is 0 Å². The maximum Gasteiger partial charge on any atom is 0.309 e. The van der Waals surface area contributed by atoms with Gasteiger partial charge in [0.25, 0.3) is 0 Å². The molecule has 1 aromatic carbocycles. The Bertz CT molecular complexity index is 502. The second-order valence-electron chi connectivity index (χ2n) is 3.58. The largest absolute Gasteiger partial charge is 0.481 e. The van der Waals surface area contributed by atoms with Crippen LogP contribution >= 0.6 is 11.3 Å². The third-order valence-electron chi connectivity index (χ3n) is 2.18. The molecule has 0 spiro atoms. The molecule has 0 saturated heterocycles. The lowest BCUT2D eigenvalue weighted by atomic mass is 10.2. The van der Waals surface area contributed by atoms with Crippen molar-refractivity contribution in [3.8, 4) is 10.6 Å². The number of aryl methyl sites for hydroxylation is 1. The van der Waals surface area contributed by atoms with Crippen LogP contribution in [-0.2, 0) is 11.2 Å². The molecule has 0 amide bonds. The molecular weight excluding hydrogens is 222 g/mol. The Labute approximate surface area is 97.4 Å². The molecule has 1 N–H and O–H groups in total. The van der Waals surface area contributed by atoms with Gasteiger partial charge in [-0.15, -0.1) is 11.3 Å². The number of aliphatic carboxylic acids is 1. The van der Waals surface area contributed by atoms with E-state index in [9.17, 15) is 4.79 Å². The van der Waals surface area contributed by atoms with Gasteiger partial charge in [-0.2, -0.15) is 0 Å². The molecular formula is C12H11NO2S. The fourth-order valence-corrected chi connectivity index (χ4v) is 2.20. The minimum Gasteiger partial charge on any atom is -0.481 e. The molecule has 16 heavy (non-hydrogen) atoms. The standard InChI is InChI=1S/C12H11NO2S/c1-8-2-4-9(5-3-8)12-13-10(7-16-12)6-11(14)15/h2-5,7H,6H2,1H3,(H,14,15). The van der Waals surface area contributed by atoms with E-state index in [4.69, 9.17) is 5.11 Å². The van der Waals surface area contributed by atoms with Gasteiger partial charge in [0.1, 0.15) is 5.01 Å². The molecule has 0 aliphatic heterocycles. The van der Waals surface area contributed by atoms with Crippen molar-refractivity contribution in [3.05, 3.63) is 40.9 Å². The van der Waals surface area contributed by atoms with Crippen molar-refractivity contribution in [2.75, 3.05) is 0 Å². The number of rotatable bonds is 3. The molecule has 0 saturated carbocycles. The third-order valence-corrected chi connectivity index (χ3v) is 3.12. The van der Waals surface area contributed by atoms with E-state index in [0.29, 0.717) is 5.69 Å². The molecule has 2 rings (SSSR count). The van der Waals surface area contributed by atoms with E-state index in [2.05, 4.69) is 4.98 Å². The Balaban J connectivity index is 2.24. The number of hydrogen-bond donors (Lipinski definition) is 1. The zero-order chi connectivity index (χ0) is 11.5. The third kappa shape index (κ3) is 2.46. The minimum atomic E-state index is -0.847. The first-order valence-electron chi connectivity index (χ1n) is 4.88. The van der Waals surface area contributed by atoms with Crippen LogP contribution in [0.25, 0.3) is 10.6 Å². The molecule has 0 unspecified atom stereocenters. The first kappa shape index (κ1) is 10.8. The lowest BCUT2D eigenvalue weighted by Crippen LogP contribution is -1.99. The van der Waals surface area contributed by atoms with Gasteiger partial charge in [0, 0.05) is 10.9 Å². The summed E-state index contributed by atoms with van der Waals surface area (Å²) in [6.07, 6.45) is -0.0115. The summed E-state index contributed by atoms with van der Waals surface area (Å²) in [6, 6.07) is 8.04. The summed E-state index contributed by atoms with van der Waals surface area (Å²) >= 11 is 1.48. The van der Waals surface area contributed by atoms with Gasteiger partial charge >= 0.3 is 5.97 Å². The van der Waals surface area contributed by atoms with Crippen LogP contribution in [0.3, 0.4) is 0 Å². The van der Waals surface area contributed by atoms with Crippen LogP contribution in [0.2, 0.25) is 0 Å². The lowest BCUT2D eigenvalue weighted by Gasteiger charge is -1.96. The number of carboxylic acid groups (broad SMARTS) is 1. The Morgan fingerprint density at radius 2 is 2.06 bits per heavy atom. The Morgan fingerprint density at radius 3 is 2.69 bits per heavy atom. The molecule has 0 aliphatic carbocycles. The van der Waals surface area contributed by atoms with Crippen molar-refractivity contribution in [2.24, 2.45) is 0 Å². The number of carbonyl (C=O) groups is 1. The van der Waals surface area contributed by atoms with E-state index in [-0.39, 0.29) is 6.42 Å². The van der Waals surface area contributed by atoms with Crippen molar-refractivity contribution in [2.45, 2.75) is 13.3 Å². The molecule has 3 nitrogen and oxygen atoms in total. The van der Waals surface area contributed by atoms with Crippen molar-refractivity contribution in [1.82, 2.24) is 4.98 Å². The van der Waals surface area contributed by atoms with Crippen LogP contribution in [0.1, 0.15) is 11.3 Å². The van der Waals surface area contributed by atoms with E-state index < -0.39 is 5.97 Å². The summed E-state index contributed by atoms with van der Waals surface area (Å²) < 4.78 is 0. The van der Waals surface area contributed by atoms with E-state index in [0.717, 1.165) is 10.6 Å². The quantitative estimate of drug-likeness (QED) is 0.886. The summed E-state index contributed by atoms with van der Waals surface area (Å²) in [5.41, 5.74) is 2.85. The summed E-state index contributed by atoms with van der Waals surface area (Å²) in [4.78, 5) is 14.8. The van der Waals surface area contributed by atoms with Crippen LogP contribution < -0.4 is 0 Å². The van der Waals surface area contributed by atoms with Gasteiger partial charge in [-0.3, -0.25) is 4.79 Å². The second kappa shape index (κ2) is 4.45. The van der Waals surface area contributed by atoms with Crippen molar-refractivity contribution >= 4 is 17.3 Å². The molecule has 0 atom stereocenters. The number of carboxylic acids is 1. The van der Waals surface area contributed by atoms with Crippen LogP contribution in [0.15, 0.2) is 29.6 Å². The predicted octanol–water partition coefficient (Wildman–Crippen LogP) is 2.75. The van der Waals surface area contributed by atoms with Crippen LogP contribution in [0.5, 0.6) is 0 Å². The molecule has 82 valence electrons. The molecule has 0 fully saturated rings. The van der Waals surface area contributed by atoms with Crippen molar-refractivity contribution in [3.63, 3.8) is 0 Å². The normalized spacial score (nSPS) is 10.3. The molecule has 4 heteroatoms. The molecule has 0 radical (unpaired) electrons. The van der Waals surface area contributed by atoms with Crippen molar-refractivity contribution < 1.29 is 9.90 Å². The van der Waals surface area contributed by atoms with Gasteiger partial charge in [-0.25, -0.2) is 4.98 Å². The highest BCUT2D eigenvalue weighted by Crippen LogP contribution is 2.24. The monoisotopic (exact) mass is 233 g/mol. The first-order chi connectivity index (χ1) is 7.65. The van der Waals surface area contributed by atoms with Gasteiger partial charge in [0.15, 0.2) is 0 Å². The van der Waals surface area contributed by atoms with Gasteiger partial charge < -0.3 is 5.11 Å². The summed E-state index contributed by atoms with van der Waals surface area (Å²) in [5.74, 6) is -0.847. The molecule has 1 heterocycles. The average molecular weight is 233 g/mol. The Hall–Kier alpha value is -1.68. The van der Waals surface area contributed by atoms with Crippen molar-refractivity contribution in [1.29, 1.82) is 0 Å². The average Bonchev–Trinajstić information content (AvgIpc) is 2.66. The van der Waals surface area contributed by atoms with E-state index in [1.807, 2.05) is 31.2 Å². The Morgan fingerprint density at radius 1 is 1.38 bits per heavy atom. The number of nitrogens with zero attached hydrogens (tertiary/aromatic N) is 1. The fourth-order valence-electron chi connectivity index (χ4n) is 1.37. The van der Waals surface area contributed by atoms with Crippen LogP contribution in [0, 0.1) is 6.92 Å². The molecule has 0 aliphatic rings. The van der Waals surface area contributed by atoms with Gasteiger partial charge in [0.2, 0.25) is 0 Å². The highest BCUT2D eigenvalue weighted by molar-refractivity contribution is 7.13. The van der Waals surface area contributed by atoms with E-state index in [1.54, 1.807) is 5.38 Å². The highest BCUT2D eigenvalue weighted by Gasteiger charge is 2.07. The topological polar surface area (TPSA) is 50.2 Å². The molecule has 1 aromatic heterocycles. The number of aromatic nitrogens is 1. The minimum absolute atomic E-state index is 0.0115. The number of thiazole rings is 1. The predicted molar refractivity (Wildman–Crippen MR) is 63.6 cm³/mol. The second-order valence-corrected chi connectivity index (χ2v) is 4.44. The fraction of sp³-hybridized carbons (Fsp3) is 0.167. The number of benzene rings is 1. The SMILES string of the molecule is Cc1ccc(-c2nc(CC(=O)O)cs2)cc1. The zero-order valence-electron chi connectivity index (χ0n) is 8.80. The lowest BCUT2D eigenvalue weighted by molar-refractivity contribution is -0.136. The summed E-state index contributed by atoms with van der Waals surface area (Å²) in [7, 11) is 0. The van der Waals surface area contributed by atoms with Gasteiger partial charge in [-0.1, -0.05) is 29.8 Å².